The Morgan fingerprint density at radius 2 is 1.95 bits per heavy atom. The van der Waals surface area contributed by atoms with E-state index in [2.05, 4.69) is 29.4 Å². The van der Waals surface area contributed by atoms with Gasteiger partial charge in [0.25, 0.3) is 0 Å². The van der Waals surface area contributed by atoms with E-state index in [0.717, 1.165) is 22.3 Å². The molecule has 2 rings (SSSR count). The average Bonchev–Trinajstić information content (AvgIpc) is 2.92. The van der Waals surface area contributed by atoms with E-state index in [4.69, 9.17) is 0 Å². The van der Waals surface area contributed by atoms with Crippen molar-refractivity contribution in [2.45, 2.75) is 74.5 Å². The normalized spacial score (nSPS) is 17.5. The number of nitrogens with zero attached hydrogens (tertiary/aromatic N) is 3. The number of carbonyl (C=O) groups is 1. The van der Waals surface area contributed by atoms with Crippen LogP contribution in [0.4, 0.5) is 5.13 Å². The molecule has 1 aliphatic carbocycles. The number of amides is 1. The Kier molecular flexibility index (Phi) is 6.50. The van der Waals surface area contributed by atoms with E-state index in [0.29, 0.717) is 12.1 Å². The third-order valence-corrected chi connectivity index (χ3v) is 5.94. The van der Waals surface area contributed by atoms with E-state index in [9.17, 15) is 4.79 Å². The summed E-state index contributed by atoms with van der Waals surface area (Å²) in [6.07, 6.45) is 6.07. The number of nitrogens with one attached hydrogen (secondary N) is 1. The predicted molar refractivity (Wildman–Crippen MR) is 93.6 cm³/mol. The fourth-order valence-electron chi connectivity index (χ4n) is 2.70. The van der Waals surface area contributed by atoms with Crippen LogP contribution in [0.3, 0.4) is 0 Å². The summed E-state index contributed by atoms with van der Waals surface area (Å²) in [4.78, 5) is 14.5. The number of rotatable bonds is 6. The molecule has 0 radical (unpaired) electrons. The highest BCUT2D eigenvalue weighted by molar-refractivity contribution is 8.02. The molecule has 0 spiro atoms. The average molecular weight is 343 g/mol. The fraction of sp³-hybridized carbons (Fsp3) is 0.800. The summed E-state index contributed by atoms with van der Waals surface area (Å²) >= 11 is 3.02. The van der Waals surface area contributed by atoms with Crippen LogP contribution in [0.15, 0.2) is 4.34 Å². The molecule has 0 saturated heterocycles. The van der Waals surface area contributed by atoms with Crippen molar-refractivity contribution in [3.8, 4) is 0 Å². The monoisotopic (exact) mass is 342 g/mol. The molecule has 0 unspecified atom stereocenters. The van der Waals surface area contributed by atoms with Crippen molar-refractivity contribution in [1.29, 1.82) is 0 Å². The largest absolute Gasteiger partial charge is 0.358 e. The zero-order valence-corrected chi connectivity index (χ0v) is 15.5. The highest BCUT2D eigenvalue weighted by Gasteiger charge is 2.26. The van der Waals surface area contributed by atoms with Crippen LogP contribution < -0.4 is 5.32 Å². The fourth-order valence-corrected chi connectivity index (χ4v) is 4.84. The summed E-state index contributed by atoms with van der Waals surface area (Å²) < 4.78 is 0.848. The number of anilines is 1. The molecular formula is C15H26N4OS2. The number of hydrogen-bond acceptors (Lipinski definition) is 6. The van der Waals surface area contributed by atoms with Gasteiger partial charge in [-0.25, -0.2) is 0 Å². The van der Waals surface area contributed by atoms with Crippen molar-refractivity contribution >= 4 is 34.1 Å². The Bertz CT molecular complexity index is 486. The van der Waals surface area contributed by atoms with Gasteiger partial charge in [0.1, 0.15) is 0 Å². The first-order chi connectivity index (χ1) is 10.5. The summed E-state index contributed by atoms with van der Waals surface area (Å²) in [7, 11) is 1.95. The van der Waals surface area contributed by atoms with Crippen LogP contribution in [0.5, 0.6) is 0 Å². The Hall–Kier alpha value is -0.820. The molecule has 1 aromatic rings. The molecule has 1 amide bonds. The highest BCUT2D eigenvalue weighted by atomic mass is 32.2. The first-order valence-electron chi connectivity index (χ1n) is 8.00. The number of carbonyl (C=O) groups excluding carboxylic acids is 1. The van der Waals surface area contributed by atoms with Gasteiger partial charge in [-0.1, -0.05) is 42.4 Å². The van der Waals surface area contributed by atoms with Gasteiger partial charge in [-0.3, -0.25) is 4.79 Å². The summed E-state index contributed by atoms with van der Waals surface area (Å²) in [5, 5.41) is 12.2. The molecule has 1 aromatic heterocycles. The van der Waals surface area contributed by atoms with Crippen LogP contribution in [0, 0.1) is 0 Å². The molecule has 5 nitrogen and oxygen atoms in total. The molecule has 124 valence electrons. The zero-order valence-electron chi connectivity index (χ0n) is 13.8. The van der Waals surface area contributed by atoms with Crippen LogP contribution in [0.25, 0.3) is 0 Å². The number of aromatic nitrogens is 2. The molecule has 1 saturated carbocycles. The molecule has 0 bridgehead atoms. The quantitative estimate of drug-likeness (QED) is 0.800. The van der Waals surface area contributed by atoms with Crippen molar-refractivity contribution in [2.24, 2.45) is 0 Å². The first-order valence-corrected chi connectivity index (χ1v) is 9.70. The molecule has 22 heavy (non-hydrogen) atoms. The smallest absolute Gasteiger partial charge is 0.235 e. The lowest BCUT2D eigenvalue weighted by atomic mass is 9.94. The maximum Gasteiger partial charge on any atom is 0.235 e. The molecule has 1 heterocycles. The Balaban J connectivity index is 1.88. The molecule has 1 N–H and O–H groups in total. The van der Waals surface area contributed by atoms with Crippen molar-refractivity contribution in [3.05, 3.63) is 0 Å². The van der Waals surface area contributed by atoms with Gasteiger partial charge in [-0.05, 0) is 33.6 Å². The van der Waals surface area contributed by atoms with Crippen LogP contribution in [-0.4, -0.2) is 45.4 Å². The Morgan fingerprint density at radius 1 is 1.27 bits per heavy atom. The maximum atomic E-state index is 12.6. The molecule has 0 aliphatic heterocycles. The summed E-state index contributed by atoms with van der Waals surface area (Å²) in [6.45, 7) is 6.10. The first kappa shape index (κ1) is 17.5. The zero-order chi connectivity index (χ0) is 16.1. The van der Waals surface area contributed by atoms with E-state index in [1.807, 2.05) is 18.9 Å². The molecule has 0 aromatic carbocycles. The topological polar surface area (TPSA) is 58.1 Å². The second-order valence-corrected chi connectivity index (χ2v) is 8.74. The van der Waals surface area contributed by atoms with E-state index in [1.165, 1.54) is 42.4 Å². The third-order valence-electron chi connectivity index (χ3n) is 3.91. The molecule has 1 aliphatic rings. The van der Waals surface area contributed by atoms with Gasteiger partial charge in [0, 0.05) is 19.1 Å². The van der Waals surface area contributed by atoms with Gasteiger partial charge >= 0.3 is 0 Å². The predicted octanol–water partition coefficient (Wildman–Crippen LogP) is 3.63. The van der Waals surface area contributed by atoms with E-state index in [1.54, 1.807) is 0 Å². The van der Waals surface area contributed by atoms with Gasteiger partial charge in [-0.15, -0.1) is 10.2 Å². The summed E-state index contributed by atoms with van der Waals surface area (Å²) in [5.74, 6) is 0.200. The van der Waals surface area contributed by atoms with Gasteiger partial charge in [0.15, 0.2) is 4.34 Å². The van der Waals surface area contributed by atoms with Gasteiger partial charge < -0.3 is 10.2 Å². The summed E-state index contributed by atoms with van der Waals surface area (Å²) in [5.41, 5.74) is 0. The highest BCUT2D eigenvalue weighted by Crippen LogP contribution is 2.31. The molecule has 1 atom stereocenters. The van der Waals surface area contributed by atoms with E-state index >= 15 is 0 Å². The lowest BCUT2D eigenvalue weighted by Crippen LogP contribution is -2.42. The Labute approximate surface area is 141 Å². The van der Waals surface area contributed by atoms with Crippen LogP contribution >= 0.6 is 23.1 Å². The van der Waals surface area contributed by atoms with Crippen LogP contribution in [0.2, 0.25) is 0 Å². The second kappa shape index (κ2) is 8.15. The Morgan fingerprint density at radius 3 is 2.59 bits per heavy atom. The lowest BCUT2D eigenvalue weighted by Gasteiger charge is -2.32. The maximum absolute atomic E-state index is 12.6. The van der Waals surface area contributed by atoms with E-state index < -0.39 is 0 Å². The van der Waals surface area contributed by atoms with E-state index in [-0.39, 0.29) is 11.2 Å². The number of hydrogen-bond donors (Lipinski definition) is 1. The second-order valence-electron chi connectivity index (χ2n) is 6.17. The van der Waals surface area contributed by atoms with Crippen molar-refractivity contribution in [1.82, 2.24) is 15.1 Å². The van der Waals surface area contributed by atoms with Crippen LogP contribution in [0.1, 0.15) is 52.9 Å². The van der Waals surface area contributed by atoms with Gasteiger partial charge in [-0.2, -0.15) is 0 Å². The molecule has 1 fully saturated rings. The third kappa shape index (κ3) is 4.84. The summed E-state index contributed by atoms with van der Waals surface area (Å²) in [6, 6.07) is 0.749. The standard InChI is InChI=1S/C15H26N4OS2/c1-10(2)16-14-17-18-15(22-14)21-11(3)13(20)19(4)12-8-6-5-7-9-12/h10-12H,5-9H2,1-4H3,(H,16,17)/t11-/m0/s1. The minimum atomic E-state index is -0.119. The van der Waals surface area contributed by atoms with Crippen molar-refractivity contribution in [2.75, 3.05) is 12.4 Å². The number of thioether (sulfide) groups is 1. The molecular weight excluding hydrogens is 316 g/mol. The van der Waals surface area contributed by atoms with Gasteiger partial charge in [0.05, 0.1) is 5.25 Å². The van der Waals surface area contributed by atoms with Crippen molar-refractivity contribution < 1.29 is 4.79 Å². The van der Waals surface area contributed by atoms with Crippen molar-refractivity contribution in [3.63, 3.8) is 0 Å². The van der Waals surface area contributed by atoms with Crippen LogP contribution in [-0.2, 0) is 4.79 Å². The van der Waals surface area contributed by atoms with Gasteiger partial charge in [0.2, 0.25) is 11.0 Å². The minimum absolute atomic E-state index is 0.119. The lowest BCUT2D eigenvalue weighted by molar-refractivity contribution is -0.131. The molecule has 7 heteroatoms. The minimum Gasteiger partial charge on any atom is -0.358 e. The SMILES string of the molecule is CC(C)Nc1nnc(S[C@@H](C)C(=O)N(C)C2CCCCC2)s1.